The third-order valence-corrected chi connectivity index (χ3v) is 6.14. The number of fused-ring (bicyclic) bond motifs is 1. The largest absolute Gasteiger partial charge is 0.493 e. The van der Waals surface area contributed by atoms with Gasteiger partial charge in [0, 0.05) is 26.6 Å². The van der Waals surface area contributed by atoms with Crippen LogP contribution in [0.25, 0.3) is 10.1 Å². The summed E-state index contributed by atoms with van der Waals surface area (Å²) >= 11 is 1.66. The summed E-state index contributed by atoms with van der Waals surface area (Å²) in [6.07, 6.45) is 3.96. The van der Waals surface area contributed by atoms with Gasteiger partial charge in [0.1, 0.15) is 0 Å². The van der Waals surface area contributed by atoms with Crippen molar-refractivity contribution in [3.63, 3.8) is 0 Å². The fraction of sp³-hybridized carbons (Fsp3) is 0.320. The number of unbranched alkanes of at least 4 members (excludes halogenated alkanes) is 2. The van der Waals surface area contributed by atoms with E-state index in [0.29, 0.717) is 17.1 Å². The molecule has 3 rings (SSSR count). The summed E-state index contributed by atoms with van der Waals surface area (Å²) in [5, 5.41) is 10.3. The molecule has 2 aromatic carbocycles. The molecule has 0 atom stereocenters. The second kappa shape index (κ2) is 12.0. The molecule has 0 bridgehead atoms. The van der Waals surface area contributed by atoms with Gasteiger partial charge in [0.25, 0.3) is 11.8 Å². The van der Waals surface area contributed by atoms with Crippen molar-refractivity contribution in [2.24, 2.45) is 5.10 Å². The van der Waals surface area contributed by atoms with Crippen LogP contribution >= 0.6 is 11.3 Å². The number of nitrogens with zero attached hydrogens (tertiary/aromatic N) is 1. The first-order valence-corrected chi connectivity index (χ1v) is 11.8. The van der Waals surface area contributed by atoms with Crippen LogP contribution in [-0.4, -0.2) is 38.3 Å². The predicted molar refractivity (Wildman–Crippen MR) is 133 cm³/mol. The number of amides is 2. The van der Waals surface area contributed by atoms with Crippen LogP contribution in [-0.2, 0) is 4.79 Å². The molecular formula is C25H29N3O4S. The van der Waals surface area contributed by atoms with Crippen LogP contribution in [0.5, 0.6) is 11.5 Å². The Morgan fingerprint density at radius 3 is 2.58 bits per heavy atom. The molecule has 3 aromatic rings. The molecule has 0 aliphatic heterocycles. The number of carbonyl (C=O) groups is 2. The molecule has 0 aliphatic rings. The molecule has 33 heavy (non-hydrogen) atoms. The number of benzene rings is 2. The third kappa shape index (κ3) is 6.32. The quantitative estimate of drug-likeness (QED) is 0.242. The van der Waals surface area contributed by atoms with Gasteiger partial charge in [0.05, 0.1) is 26.5 Å². The average Bonchev–Trinajstić information content (AvgIpc) is 3.28. The highest BCUT2D eigenvalue weighted by molar-refractivity contribution is 7.17. The Bertz CT molecular complexity index is 1140. The SMILES string of the molecule is CCCCC/C(=N\NC(=O)CNC(=O)c1ccc(OC)c(OC)c1)c1csc2ccccc12. The van der Waals surface area contributed by atoms with E-state index in [1.807, 2.05) is 12.1 Å². The van der Waals surface area contributed by atoms with E-state index in [1.54, 1.807) is 29.5 Å². The zero-order valence-corrected chi connectivity index (χ0v) is 20.0. The Labute approximate surface area is 197 Å². The lowest BCUT2D eigenvalue weighted by Crippen LogP contribution is -2.35. The highest BCUT2D eigenvalue weighted by Gasteiger charge is 2.13. The minimum absolute atomic E-state index is 0.191. The van der Waals surface area contributed by atoms with E-state index in [1.165, 1.54) is 18.9 Å². The van der Waals surface area contributed by atoms with Crippen LogP contribution in [0.2, 0.25) is 0 Å². The van der Waals surface area contributed by atoms with Gasteiger partial charge in [-0.15, -0.1) is 11.3 Å². The minimum Gasteiger partial charge on any atom is -0.493 e. The number of hydrazone groups is 1. The Morgan fingerprint density at radius 2 is 1.82 bits per heavy atom. The maximum Gasteiger partial charge on any atom is 0.259 e. The maximum atomic E-state index is 12.4. The van der Waals surface area contributed by atoms with Crippen molar-refractivity contribution in [2.45, 2.75) is 32.6 Å². The van der Waals surface area contributed by atoms with E-state index in [2.05, 4.69) is 40.3 Å². The number of nitrogens with one attached hydrogen (secondary N) is 2. The molecule has 8 heteroatoms. The first-order chi connectivity index (χ1) is 16.1. The lowest BCUT2D eigenvalue weighted by molar-refractivity contribution is -0.120. The van der Waals surface area contributed by atoms with Gasteiger partial charge in [0.2, 0.25) is 0 Å². The Balaban J connectivity index is 1.65. The van der Waals surface area contributed by atoms with Crippen molar-refractivity contribution in [3.05, 3.63) is 59.0 Å². The summed E-state index contributed by atoms with van der Waals surface area (Å²) in [7, 11) is 3.03. The topological polar surface area (TPSA) is 89.0 Å². The number of hydrogen-bond acceptors (Lipinski definition) is 6. The number of hydrogen-bond donors (Lipinski definition) is 2. The van der Waals surface area contributed by atoms with E-state index in [4.69, 9.17) is 9.47 Å². The van der Waals surface area contributed by atoms with Gasteiger partial charge in [0.15, 0.2) is 11.5 Å². The van der Waals surface area contributed by atoms with Crippen LogP contribution in [0.1, 0.15) is 48.5 Å². The van der Waals surface area contributed by atoms with Gasteiger partial charge in [-0.1, -0.05) is 38.0 Å². The number of carbonyl (C=O) groups excluding carboxylic acids is 2. The Morgan fingerprint density at radius 1 is 1.03 bits per heavy atom. The maximum absolute atomic E-state index is 12.4. The van der Waals surface area contributed by atoms with Crippen LogP contribution in [0.4, 0.5) is 0 Å². The summed E-state index contributed by atoms with van der Waals surface area (Å²) in [4.78, 5) is 24.8. The lowest BCUT2D eigenvalue weighted by Gasteiger charge is -2.10. The van der Waals surface area contributed by atoms with Crippen LogP contribution in [0, 0.1) is 0 Å². The number of thiophene rings is 1. The van der Waals surface area contributed by atoms with Crippen molar-refractivity contribution in [3.8, 4) is 11.5 Å². The van der Waals surface area contributed by atoms with Gasteiger partial charge < -0.3 is 14.8 Å². The standard InChI is InChI=1S/C25H29N3O4S/c1-4-5-6-10-20(19-16-33-23-11-8-7-9-18(19)23)27-28-24(29)15-26-25(30)17-12-13-21(31-2)22(14-17)32-3/h7-9,11-14,16H,4-6,10,15H2,1-3H3,(H,26,30)(H,28,29)/b27-20+. The van der Waals surface area contributed by atoms with E-state index in [-0.39, 0.29) is 12.5 Å². The molecule has 0 radical (unpaired) electrons. The zero-order chi connectivity index (χ0) is 23.6. The van der Waals surface area contributed by atoms with E-state index < -0.39 is 5.91 Å². The second-order valence-corrected chi connectivity index (χ2v) is 8.36. The van der Waals surface area contributed by atoms with Gasteiger partial charge in [-0.25, -0.2) is 5.43 Å². The highest BCUT2D eigenvalue weighted by Crippen LogP contribution is 2.28. The summed E-state index contributed by atoms with van der Waals surface area (Å²) in [5.41, 5.74) is 4.86. The summed E-state index contributed by atoms with van der Waals surface area (Å²) in [5.74, 6) is 0.190. The minimum atomic E-state index is -0.392. The average molecular weight is 468 g/mol. The van der Waals surface area contributed by atoms with E-state index in [9.17, 15) is 9.59 Å². The van der Waals surface area contributed by atoms with E-state index >= 15 is 0 Å². The Kier molecular flexibility index (Phi) is 8.83. The zero-order valence-electron chi connectivity index (χ0n) is 19.1. The molecule has 174 valence electrons. The predicted octanol–water partition coefficient (Wildman–Crippen LogP) is 4.75. The first-order valence-electron chi connectivity index (χ1n) is 10.9. The number of ether oxygens (including phenoxy) is 2. The molecule has 0 saturated heterocycles. The van der Waals surface area contributed by atoms with Crippen molar-refractivity contribution in [2.75, 3.05) is 20.8 Å². The molecule has 0 spiro atoms. The number of rotatable bonds is 11. The van der Waals surface area contributed by atoms with Gasteiger partial charge in [-0.3, -0.25) is 9.59 Å². The summed E-state index contributed by atoms with van der Waals surface area (Å²) in [6.45, 7) is 1.96. The molecular weight excluding hydrogens is 438 g/mol. The molecule has 1 heterocycles. The fourth-order valence-corrected chi connectivity index (χ4v) is 4.37. The number of methoxy groups -OCH3 is 2. The van der Waals surface area contributed by atoms with Crippen LogP contribution in [0.3, 0.4) is 0 Å². The molecule has 2 amide bonds. The van der Waals surface area contributed by atoms with Gasteiger partial charge in [-0.2, -0.15) is 5.10 Å². The van der Waals surface area contributed by atoms with Gasteiger partial charge >= 0.3 is 0 Å². The third-order valence-electron chi connectivity index (χ3n) is 5.18. The van der Waals surface area contributed by atoms with Crippen LogP contribution < -0.4 is 20.2 Å². The lowest BCUT2D eigenvalue weighted by atomic mass is 10.0. The monoisotopic (exact) mass is 467 g/mol. The second-order valence-electron chi connectivity index (χ2n) is 7.45. The molecule has 2 N–H and O–H groups in total. The van der Waals surface area contributed by atoms with Gasteiger partial charge in [-0.05, 0) is 37.1 Å². The fourth-order valence-electron chi connectivity index (χ4n) is 3.40. The summed E-state index contributed by atoms with van der Waals surface area (Å²) < 4.78 is 11.6. The Hall–Kier alpha value is -3.39. The molecule has 0 saturated carbocycles. The molecule has 1 aromatic heterocycles. The normalized spacial score (nSPS) is 11.3. The molecule has 0 fully saturated rings. The molecule has 0 unspecified atom stereocenters. The highest BCUT2D eigenvalue weighted by atomic mass is 32.1. The van der Waals surface area contributed by atoms with Crippen molar-refractivity contribution in [1.82, 2.24) is 10.7 Å². The van der Waals surface area contributed by atoms with Crippen molar-refractivity contribution < 1.29 is 19.1 Å². The summed E-state index contributed by atoms with van der Waals surface area (Å²) in [6, 6.07) is 13.0. The van der Waals surface area contributed by atoms with Crippen LogP contribution in [0.15, 0.2) is 52.9 Å². The van der Waals surface area contributed by atoms with E-state index in [0.717, 1.165) is 42.3 Å². The smallest absolute Gasteiger partial charge is 0.259 e. The van der Waals surface area contributed by atoms with Crippen molar-refractivity contribution >= 4 is 38.9 Å². The molecule has 0 aliphatic carbocycles. The first kappa shape index (κ1) is 24.3. The molecule has 7 nitrogen and oxygen atoms in total. The van der Waals surface area contributed by atoms with Crippen molar-refractivity contribution in [1.29, 1.82) is 0 Å².